The molecule has 8 fully saturated rings. The number of hydrogen-bond acceptors (Lipinski definition) is 59. The fourth-order valence-electron chi connectivity index (χ4n) is 11.3. The zero-order valence-electron chi connectivity index (χ0n) is 63.7. The van der Waals surface area contributed by atoms with Crippen LogP contribution in [0, 0.1) is 0 Å². The maximum absolute atomic E-state index is 10.3. The van der Waals surface area contributed by atoms with Gasteiger partial charge in [-0.3, -0.25) is 0 Å². The fourth-order valence-corrected chi connectivity index (χ4v) is 11.3. The Morgan fingerprint density at radius 3 is 1.02 bits per heavy atom. The van der Waals surface area contributed by atoms with Crippen molar-refractivity contribution in [1.29, 1.82) is 0 Å². The van der Waals surface area contributed by atoms with E-state index < -0.39 is 367 Å². The van der Waals surface area contributed by atoms with Crippen LogP contribution < -0.4 is 0 Å². The maximum atomic E-state index is 10.3. The molecule has 8 rings (SSSR count). The number of carbonyl (C=O) groups excluding carboxylic acids is 3. The molecular formula is C63H118O59. The Morgan fingerprint density at radius 2 is 0.656 bits per heavy atom. The number of hydrogen-bond donors (Lipinski definition) is 44. The van der Waals surface area contributed by atoms with Crippen molar-refractivity contribution < 1.29 is 296 Å². The lowest BCUT2D eigenvalue weighted by molar-refractivity contribution is -0.388. The zero-order chi connectivity index (χ0) is 93.8. The van der Waals surface area contributed by atoms with Gasteiger partial charge in [0.05, 0.1) is 79.3 Å². The molecule has 8 saturated heterocycles. The van der Waals surface area contributed by atoms with Crippen molar-refractivity contribution in [3.8, 4) is 0 Å². The number of ether oxygens (including phenoxy) is 12. The van der Waals surface area contributed by atoms with Crippen LogP contribution in [0.15, 0.2) is 0 Å². The molecule has 0 bridgehead atoms. The first-order valence-electron chi connectivity index (χ1n) is 36.4. The molecule has 0 saturated carbocycles. The van der Waals surface area contributed by atoms with Gasteiger partial charge in [0, 0.05) is 0 Å². The fraction of sp³-hybridized carbons (Fsp3) is 0.952. The predicted octanol–water partition coefficient (Wildman–Crippen LogP) is -29.8. The van der Waals surface area contributed by atoms with Crippen LogP contribution in [0.3, 0.4) is 0 Å². The summed E-state index contributed by atoms with van der Waals surface area (Å²) in [6.45, 7) is -8.85. The predicted molar refractivity (Wildman–Crippen MR) is 368 cm³/mol. The zero-order valence-corrected chi connectivity index (χ0v) is 63.7. The molecule has 47 atom stereocenters. The van der Waals surface area contributed by atoms with E-state index in [1.54, 1.807) is 0 Å². The first-order valence-corrected chi connectivity index (χ1v) is 36.4. The van der Waals surface area contributed by atoms with Gasteiger partial charge in [-0.25, -0.2) is 0 Å². The van der Waals surface area contributed by atoms with Crippen molar-refractivity contribution in [1.82, 2.24) is 0 Å². The second-order valence-corrected chi connectivity index (χ2v) is 27.9. The summed E-state index contributed by atoms with van der Waals surface area (Å²) >= 11 is 0. The summed E-state index contributed by atoms with van der Waals surface area (Å²) in [5, 5.41) is 408. The van der Waals surface area contributed by atoms with E-state index in [4.69, 9.17) is 154 Å². The van der Waals surface area contributed by atoms with Crippen molar-refractivity contribution in [3.63, 3.8) is 0 Å². The highest BCUT2D eigenvalue weighted by molar-refractivity contribution is 5.57. The van der Waals surface area contributed by atoms with Gasteiger partial charge in [0.1, 0.15) is 245 Å². The van der Waals surface area contributed by atoms with Crippen LogP contribution in [0.25, 0.3) is 0 Å². The molecule has 0 aromatic rings. The maximum Gasteiger partial charge on any atom is 0.224 e. The van der Waals surface area contributed by atoms with E-state index in [-0.39, 0.29) is 25.5 Å². The van der Waals surface area contributed by atoms with Crippen molar-refractivity contribution in [3.05, 3.63) is 0 Å². The van der Waals surface area contributed by atoms with E-state index in [9.17, 15) is 137 Å². The Bertz CT molecular complexity index is 2780. The van der Waals surface area contributed by atoms with E-state index in [2.05, 4.69) is 4.74 Å². The van der Waals surface area contributed by atoms with Crippen LogP contribution in [0.5, 0.6) is 0 Å². The van der Waals surface area contributed by atoms with Gasteiger partial charge in [-0.1, -0.05) is 0 Å². The van der Waals surface area contributed by atoms with Gasteiger partial charge in [0.15, 0.2) is 56.6 Å². The Labute approximate surface area is 686 Å². The van der Waals surface area contributed by atoms with Gasteiger partial charge in [-0.2, -0.15) is 0 Å². The van der Waals surface area contributed by atoms with Crippen molar-refractivity contribution in [2.75, 3.05) is 85.9 Å². The number of carbonyl (C=O) groups is 3. The van der Waals surface area contributed by atoms with Gasteiger partial charge in [-0.15, -0.1) is 0 Å². The Kier molecular flexibility index (Phi) is 51.2. The van der Waals surface area contributed by atoms with Gasteiger partial charge < -0.3 is 296 Å². The van der Waals surface area contributed by atoms with E-state index >= 15 is 0 Å². The molecule has 0 aromatic carbocycles. The summed E-state index contributed by atoms with van der Waals surface area (Å²) in [5.74, 6) is -4.73. The molecule has 724 valence electrons. The third kappa shape index (κ3) is 30.4. The summed E-state index contributed by atoms with van der Waals surface area (Å²) in [6.07, 6.45) is -70.6. The minimum atomic E-state index is -2.37. The van der Waals surface area contributed by atoms with Crippen LogP contribution in [-0.4, -0.2) is 617 Å². The topological polar surface area (TPSA) is 1050 Å². The first kappa shape index (κ1) is 115. The molecule has 0 amide bonds. The highest BCUT2D eigenvalue weighted by atomic mass is 16.8. The van der Waals surface area contributed by atoms with Crippen molar-refractivity contribution in [2.24, 2.45) is 0 Å². The molecule has 8 heterocycles. The highest BCUT2D eigenvalue weighted by Crippen LogP contribution is 2.38. The van der Waals surface area contributed by atoms with Crippen LogP contribution in [0.2, 0.25) is 0 Å². The lowest BCUT2D eigenvalue weighted by Gasteiger charge is -2.44. The molecule has 1 unspecified atom stereocenters. The quantitative estimate of drug-likeness (QED) is 0.0297. The molecule has 0 aromatic heterocycles. The number of rotatable bonds is 30. The van der Waals surface area contributed by atoms with Crippen LogP contribution >= 0.6 is 0 Å². The minimum absolute atomic E-state index is 0.0258. The van der Waals surface area contributed by atoms with Gasteiger partial charge in [-0.05, 0) is 0 Å². The SMILES string of the molecule is O=C[C@@H](O)[C@H](O)[C@H](O)CO.O=C[C@H](O)[C@@H](O)[C@@H](O)[C@H](O)CO.O=C[C@H](O)[C@H](O)[C@H](O)CO.OC1OC[C@@H](O)[C@H](O)[C@H]1O.OC[C@H]1O[C@@H](O[C@@H]2[C@@H](CO)O[C@](O)(CO)[C@H]2O)[C@H](O)[C@@H](O)[C@H]1O.OC[C@H]1O[C@H](OC[C@H]2O[C@@H](O)[C@H](O)[C@@H](O)[C@@H]2O)[C@H](O)[C@@H](O)[C@H]1O.OC[C@H]1O[C@H](OC[C@H]2O[C@H](O[C@]3(CO)O[C@H](CO)[C@@H](O)[C@@H]3O)[C@H](O)[C@@H](O)[C@@H]2O)[C@H](O)[C@@H](O)[C@H]1O. The summed E-state index contributed by atoms with van der Waals surface area (Å²) < 4.78 is 61.3. The van der Waals surface area contributed by atoms with E-state index in [0.717, 1.165) is 0 Å². The van der Waals surface area contributed by atoms with Crippen LogP contribution in [-0.2, 0) is 71.2 Å². The normalized spacial score (nSPS) is 43.2. The summed E-state index contributed by atoms with van der Waals surface area (Å²) in [4.78, 5) is 29.4. The Balaban J connectivity index is 0.000000510. The van der Waals surface area contributed by atoms with E-state index in [1.165, 1.54) is 0 Å². The number of aldehydes is 3. The molecule has 0 aliphatic carbocycles. The molecule has 8 aliphatic heterocycles. The molecule has 8 aliphatic rings. The standard InChI is InChI=1S/C18H32O16.2C12H22O11.C6H12O6.3C5H10O5/c19-1-5-8(22)11(25)13(27)16(31-5)30-3-7-9(23)12(26)14(28)17(32-7)34-18(4-21)15(29)10(24)6(2-20)33-18;13-1-4-6(16)7(17)8(18)11(21-4)22-9-5(2-14)23-12(20,3-15)10(9)19;13-1-3-5(14)8(17)10(19)12(23-3)21-2-4-6(15)7(16)9(18)11(20)22-4;7-1-3(9)5(11)6(12)4(10)2-8;6-2-1-10-5(9)4(8)3(2)7;2*6-1-3(8)5(10)4(9)2-7/h5-17,19-29H,1-4H2;4-11,13-20H,1-3H2;3-20H,1-2H2;1,3-6,8-12H,2H2;2-9H,1H2;2*1,3-5,7-10H,2H2/t5-,6-,7-,8+,9-,10-,11+,12+,13-,14-,15+,16+,17-,18+;4-,5-,6+,7+,8-,9-,10+,11+,12-;3-,4-,5+,6-,7+,8+,9-,10-,11-,12+;3-,4+,5+,6-;2-,3+,4-,5?;3-,4+,5-;3-,4-,5+/m1110101/s1. The number of aliphatic hydroxyl groups excluding tert-OH is 43. The van der Waals surface area contributed by atoms with Gasteiger partial charge in [0.2, 0.25) is 11.6 Å². The second kappa shape index (κ2) is 54.4. The van der Waals surface area contributed by atoms with Crippen LogP contribution in [0.4, 0.5) is 0 Å². The molecule has 122 heavy (non-hydrogen) atoms. The summed E-state index contributed by atoms with van der Waals surface area (Å²) in [7, 11) is 0. The lowest BCUT2D eigenvalue weighted by Crippen LogP contribution is -2.63. The lowest BCUT2D eigenvalue weighted by atomic mass is 9.98. The highest BCUT2D eigenvalue weighted by Gasteiger charge is 2.60. The average Bonchev–Trinajstić information content (AvgIpc) is 1.60. The van der Waals surface area contributed by atoms with Crippen LogP contribution in [0.1, 0.15) is 0 Å². The molecule has 59 nitrogen and oxygen atoms in total. The summed E-state index contributed by atoms with van der Waals surface area (Å²) in [5.41, 5.74) is 0. The Morgan fingerprint density at radius 1 is 0.320 bits per heavy atom. The third-order valence-electron chi connectivity index (χ3n) is 19.2. The largest absolute Gasteiger partial charge is 0.394 e. The van der Waals surface area contributed by atoms with E-state index in [1.807, 2.05) is 0 Å². The second-order valence-electron chi connectivity index (χ2n) is 27.9. The monoisotopic (exact) mass is 1820 g/mol. The molecule has 44 N–H and O–H groups in total. The van der Waals surface area contributed by atoms with Gasteiger partial charge >= 0.3 is 0 Å². The average molecular weight is 1820 g/mol. The summed E-state index contributed by atoms with van der Waals surface area (Å²) in [6, 6.07) is 0. The first-order chi connectivity index (χ1) is 57.0. The smallest absolute Gasteiger partial charge is 0.224 e. The third-order valence-corrected chi connectivity index (χ3v) is 19.2. The Hall–Kier alpha value is -3.23. The molecule has 0 spiro atoms. The minimum Gasteiger partial charge on any atom is -0.394 e. The van der Waals surface area contributed by atoms with Crippen molar-refractivity contribution >= 4 is 18.9 Å². The number of aliphatic hydroxyl groups is 44. The molecular weight excluding hydrogens is 1700 g/mol. The van der Waals surface area contributed by atoms with E-state index in [0.29, 0.717) is 0 Å². The molecule has 59 heteroatoms. The molecule has 0 radical (unpaired) electrons. The van der Waals surface area contributed by atoms with Gasteiger partial charge in [0.25, 0.3) is 0 Å². The van der Waals surface area contributed by atoms with Crippen molar-refractivity contribution in [2.45, 2.75) is 287 Å².